The lowest BCUT2D eigenvalue weighted by Crippen LogP contribution is -2.36. The average Bonchev–Trinajstić information content (AvgIpc) is 2.88. The molecular weight excluding hydrogens is 214 g/mol. The number of aliphatic hydroxyl groups is 1. The van der Waals surface area contributed by atoms with Crippen LogP contribution in [0.15, 0.2) is 28.9 Å². The van der Waals surface area contributed by atoms with Gasteiger partial charge in [-0.1, -0.05) is 19.9 Å². The second kappa shape index (κ2) is 7.30. The maximum absolute atomic E-state index is 9.41. The number of hydrogen-bond donors (Lipinski definition) is 2. The summed E-state index contributed by atoms with van der Waals surface area (Å²) >= 11 is 0. The first-order valence-corrected chi connectivity index (χ1v) is 6.28. The van der Waals surface area contributed by atoms with Crippen LogP contribution in [0.3, 0.4) is 0 Å². The van der Waals surface area contributed by atoms with Gasteiger partial charge in [0, 0.05) is 25.1 Å². The largest absolute Gasteiger partial charge is 0.465 e. The minimum atomic E-state index is 0.0263. The molecule has 1 rings (SSSR count). The normalized spacial score (nSPS) is 12.4. The van der Waals surface area contributed by atoms with Gasteiger partial charge in [0.25, 0.3) is 0 Å². The number of rotatable bonds is 8. The van der Waals surface area contributed by atoms with Gasteiger partial charge in [-0.3, -0.25) is 0 Å². The number of furan rings is 1. The Morgan fingerprint density at radius 1 is 1.41 bits per heavy atom. The van der Waals surface area contributed by atoms with Gasteiger partial charge in [-0.05, 0) is 31.1 Å². The highest BCUT2D eigenvalue weighted by Crippen LogP contribution is 2.24. The maximum Gasteiger partial charge on any atom is 0.126 e. The molecule has 0 aliphatic carbocycles. The molecule has 0 atom stereocenters. The Morgan fingerprint density at radius 3 is 2.71 bits per heavy atom. The Kier molecular flexibility index (Phi) is 6.01. The minimum absolute atomic E-state index is 0.0263. The van der Waals surface area contributed by atoms with Crippen LogP contribution in [0, 0.1) is 5.41 Å². The summed E-state index contributed by atoms with van der Waals surface area (Å²) in [6.07, 6.45) is 7.64. The molecule has 0 aliphatic heterocycles. The highest BCUT2D eigenvalue weighted by molar-refractivity contribution is 5.42. The molecule has 0 saturated heterocycles. The molecule has 1 aromatic rings. The van der Waals surface area contributed by atoms with Crippen molar-refractivity contribution >= 4 is 6.08 Å². The third kappa shape index (κ3) is 4.36. The summed E-state index contributed by atoms with van der Waals surface area (Å²) in [6, 6.07) is 3.80. The molecule has 2 N–H and O–H groups in total. The summed E-state index contributed by atoms with van der Waals surface area (Å²) in [4.78, 5) is 0. The lowest BCUT2D eigenvalue weighted by molar-refractivity contribution is 0.114. The van der Waals surface area contributed by atoms with Crippen LogP contribution in [-0.4, -0.2) is 24.8 Å². The summed E-state index contributed by atoms with van der Waals surface area (Å²) < 4.78 is 5.19. The molecular formula is C14H23NO2. The van der Waals surface area contributed by atoms with Gasteiger partial charge in [0.2, 0.25) is 0 Å². The number of nitrogens with one attached hydrogen (secondary N) is 1. The smallest absolute Gasteiger partial charge is 0.126 e. The van der Waals surface area contributed by atoms with Crippen LogP contribution in [0.2, 0.25) is 0 Å². The lowest BCUT2D eigenvalue weighted by Gasteiger charge is -2.29. The highest BCUT2D eigenvalue weighted by Gasteiger charge is 2.24. The predicted octanol–water partition coefficient (Wildman–Crippen LogP) is 2.68. The van der Waals surface area contributed by atoms with E-state index in [0.29, 0.717) is 0 Å². The van der Waals surface area contributed by atoms with E-state index < -0.39 is 0 Å². The zero-order valence-electron chi connectivity index (χ0n) is 10.8. The summed E-state index contributed by atoms with van der Waals surface area (Å²) in [7, 11) is 0. The molecule has 96 valence electrons. The second-order valence-corrected chi connectivity index (χ2v) is 4.41. The van der Waals surface area contributed by atoms with Crippen molar-refractivity contribution in [3.05, 3.63) is 30.2 Å². The van der Waals surface area contributed by atoms with Crippen LogP contribution < -0.4 is 5.32 Å². The summed E-state index contributed by atoms with van der Waals surface area (Å²) in [6.45, 7) is 6.14. The van der Waals surface area contributed by atoms with E-state index in [4.69, 9.17) is 4.42 Å². The Labute approximate surface area is 104 Å². The number of hydrogen-bond acceptors (Lipinski definition) is 3. The molecule has 1 aromatic heterocycles. The molecule has 0 aromatic carbocycles. The highest BCUT2D eigenvalue weighted by atomic mass is 16.3. The fraction of sp³-hybridized carbons (Fsp3) is 0.571. The van der Waals surface area contributed by atoms with Gasteiger partial charge in [-0.25, -0.2) is 0 Å². The van der Waals surface area contributed by atoms with Gasteiger partial charge in [-0.2, -0.15) is 0 Å². The Morgan fingerprint density at radius 2 is 2.18 bits per heavy atom. The van der Waals surface area contributed by atoms with Crippen molar-refractivity contribution < 1.29 is 9.52 Å². The second-order valence-electron chi connectivity index (χ2n) is 4.41. The average molecular weight is 237 g/mol. The van der Waals surface area contributed by atoms with E-state index in [1.807, 2.05) is 24.3 Å². The SMILES string of the molecule is CCC(CC)(CO)CNC/C=C/c1ccco1. The molecule has 0 spiro atoms. The lowest BCUT2D eigenvalue weighted by atomic mass is 9.83. The molecule has 3 nitrogen and oxygen atoms in total. The molecule has 3 heteroatoms. The van der Waals surface area contributed by atoms with E-state index in [1.165, 1.54) is 0 Å². The standard InChI is InChI=1S/C14H23NO2/c1-3-14(4-2,12-16)11-15-9-5-7-13-8-6-10-17-13/h5-8,10,15-16H,3-4,9,11-12H2,1-2H3/b7-5+. The van der Waals surface area contributed by atoms with Crippen LogP contribution in [-0.2, 0) is 0 Å². The minimum Gasteiger partial charge on any atom is -0.465 e. The Hall–Kier alpha value is -1.06. The monoisotopic (exact) mass is 237 g/mol. The fourth-order valence-electron chi connectivity index (χ4n) is 1.76. The van der Waals surface area contributed by atoms with E-state index in [0.717, 1.165) is 31.7 Å². The van der Waals surface area contributed by atoms with Crippen molar-refractivity contribution in [2.45, 2.75) is 26.7 Å². The predicted molar refractivity (Wildman–Crippen MR) is 70.7 cm³/mol. The third-order valence-electron chi connectivity index (χ3n) is 3.42. The molecule has 0 amide bonds. The molecule has 17 heavy (non-hydrogen) atoms. The summed E-state index contributed by atoms with van der Waals surface area (Å²) in [5.41, 5.74) is 0.0263. The van der Waals surface area contributed by atoms with Crippen LogP contribution in [0.25, 0.3) is 6.08 Å². The van der Waals surface area contributed by atoms with Crippen LogP contribution in [0.4, 0.5) is 0 Å². The van der Waals surface area contributed by atoms with Gasteiger partial charge in [0.15, 0.2) is 0 Å². The molecule has 0 fully saturated rings. The third-order valence-corrected chi connectivity index (χ3v) is 3.42. The number of aliphatic hydroxyl groups excluding tert-OH is 1. The fourth-order valence-corrected chi connectivity index (χ4v) is 1.76. The van der Waals surface area contributed by atoms with E-state index in [2.05, 4.69) is 19.2 Å². The van der Waals surface area contributed by atoms with Gasteiger partial charge >= 0.3 is 0 Å². The van der Waals surface area contributed by atoms with Crippen molar-refractivity contribution in [2.24, 2.45) is 5.41 Å². The summed E-state index contributed by atoms with van der Waals surface area (Å²) in [5, 5.41) is 12.8. The van der Waals surface area contributed by atoms with Crippen molar-refractivity contribution in [2.75, 3.05) is 19.7 Å². The van der Waals surface area contributed by atoms with Crippen LogP contribution in [0.5, 0.6) is 0 Å². The molecule has 0 radical (unpaired) electrons. The van der Waals surface area contributed by atoms with Gasteiger partial charge in [0.05, 0.1) is 6.26 Å². The Balaban J connectivity index is 2.27. The van der Waals surface area contributed by atoms with Crippen LogP contribution >= 0.6 is 0 Å². The van der Waals surface area contributed by atoms with Crippen molar-refractivity contribution in [3.63, 3.8) is 0 Å². The molecule has 0 bridgehead atoms. The van der Waals surface area contributed by atoms with Crippen molar-refractivity contribution in [1.82, 2.24) is 5.32 Å². The first-order valence-electron chi connectivity index (χ1n) is 6.28. The molecule has 0 saturated carbocycles. The maximum atomic E-state index is 9.41. The topological polar surface area (TPSA) is 45.4 Å². The quantitative estimate of drug-likeness (QED) is 0.683. The van der Waals surface area contributed by atoms with Gasteiger partial charge in [-0.15, -0.1) is 0 Å². The van der Waals surface area contributed by atoms with E-state index in [1.54, 1.807) is 6.26 Å². The zero-order valence-corrected chi connectivity index (χ0v) is 10.8. The molecule has 0 unspecified atom stereocenters. The first-order chi connectivity index (χ1) is 8.26. The molecule has 0 aliphatic rings. The van der Waals surface area contributed by atoms with Gasteiger partial charge in [0.1, 0.15) is 5.76 Å². The van der Waals surface area contributed by atoms with Crippen LogP contribution in [0.1, 0.15) is 32.4 Å². The van der Waals surface area contributed by atoms with E-state index in [9.17, 15) is 5.11 Å². The molecule has 1 heterocycles. The summed E-state index contributed by atoms with van der Waals surface area (Å²) in [5.74, 6) is 0.867. The Bertz CT molecular complexity index is 305. The van der Waals surface area contributed by atoms with Crippen molar-refractivity contribution in [3.8, 4) is 0 Å². The van der Waals surface area contributed by atoms with Gasteiger partial charge < -0.3 is 14.8 Å². The van der Waals surface area contributed by atoms with E-state index >= 15 is 0 Å². The first kappa shape index (κ1) is 14.0. The van der Waals surface area contributed by atoms with E-state index in [-0.39, 0.29) is 12.0 Å². The van der Waals surface area contributed by atoms with Crippen molar-refractivity contribution in [1.29, 1.82) is 0 Å². The zero-order chi connectivity index (χ0) is 12.6.